The summed E-state index contributed by atoms with van der Waals surface area (Å²) in [5.41, 5.74) is 6.46. The van der Waals surface area contributed by atoms with E-state index in [9.17, 15) is 0 Å². The van der Waals surface area contributed by atoms with Crippen molar-refractivity contribution in [2.24, 2.45) is 0 Å². The largest absolute Gasteiger partial charge is 0.0617 e. The van der Waals surface area contributed by atoms with Gasteiger partial charge in [0, 0.05) is 0 Å². The van der Waals surface area contributed by atoms with E-state index < -0.39 is 0 Å². The van der Waals surface area contributed by atoms with Crippen molar-refractivity contribution in [2.75, 3.05) is 0 Å². The minimum Gasteiger partial charge on any atom is -0.0617 e. The predicted molar refractivity (Wildman–Crippen MR) is 123 cm³/mol. The molecule has 27 heavy (non-hydrogen) atoms. The third kappa shape index (κ3) is 7.53. The van der Waals surface area contributed by atoms with Crippen molar-refractivity contribution in [3.05, 3.63) is 70.8 Å². The molecule has 2 aromatic rings. The van der Waals surface area contributed by atoms with Gasteiger partial charge in [0.1, 0.15) is 0 Å². The van der Waals surface area contributed by atoms with Crippen molar-refractivity contribution in [1.29, 1.82) is 0 Å². The second kappa shape index (κ2) is 8.63. The highest BCUT2D eigenvalue weighted by molar-refractivity contribution is 5.32. The summed E-state index contributed by atoms with van der Waals surface area (Å²) in [7, 11) is 0. The fourth-order valence-electron chi connectivity index (χ4n) is 2.82. The van der Waals surface area contributed by atoms with Gasteiger partial charge < -0.3 is 0 Å². The van der Waals surface area contributed by atoms with Crippen molar-refractivity contribution in [1.82, 2.24) is 0 Å². The summed E-state index contributed by atoms with van der Waals surface area (Å²) < 4.78 is 0. The molecule has 0 aliphatic carbocycles. The second-order valence-corrected chi connectivity index (χ2v) is 11.1. The van der Waals surface area contributed by atoms with E-state index in [1.54, 1.807) is 0 Å². The van der Waals surface area contributed by atoms with Crippen LogP contribution in [0.2, 0.25) is 0 Å². The number of hydrogen-bond donors (Lipinski definition) is 0. The molecular weight excluding hydrogens is 324 g/mol. The monoisotopic (exact) mass is 366 g/mol. The summed E-state index contributed by atoms with van der Waals surface area (Å²) in [4.78, 5) is 0. The zero-order valence-corrected chi connectivity index (χ0v) is 19.7. The third-order valence-electron chi connectivity index (χ3n) is 5.04. The quantitative estimate of drug-likeness (QED) is 0.475. The first-order chi connectivity index (χ1) is 12.1. The maximum absolute atomic E-state index is 2.33. The molecule has 0 unspecified atom stereocenters. The SMILES string of the molecule is CC(C)(C)c1cccc(C(C)(C)C)c1.CC(C)c1ccc(C(C)(C)C)cc1. The lowest BCUT2D eigenvalue weighted by Gasteiger charge is -2.24. The fourth-order valence-corrected chi connectivity index (χ4v) is 2.82. The molecule has 0 amide bonds. The topological polar surface area (TPSA) is 0 Å². The molecule has 0 N–H and O–H groups in total. The van der Waals surface area contributed by atoms with Crippen LogP contribution in [0.25, 0.3) is 0 Å². The van der Waals surface area contributed by atoms with E-state index >= 15 is 0 Å². The highest BCUT2D eigenvalue weighted by Crippen LogP contribution is 2.28. The lowest BCUT2D eigenvalue weighted by Crippen LogP contribution is -2.15. The second-order valence-electron chi connectivity index (χ2n) is 11.1. The van der Waals surface area contributed by atoms with E-state index in [-0.39, 0.29) is 16.2 Å². The van der Waals surface area contributed by atoms with Gasteiger partial charge in [0.25, 0.3) is 0 Å². The molecule has 2 aromatic carbocycles. The van der Waals surface area contributed by atoms with E-state index in [2.05, 4.69) is 125 Å². The lowest BCUT2D eigenvalue weighted by molar-refractivity contribution is 0.568. The van der Waals surface area contributed by atoms with Crippen molar-refractivity contribution in [2.45, 2.75) is 98.3 Å². The number of rotatable bonds is 1. The van der Waals surface area contributed by atoms with E-state index in [1.807, 2.05) is 0 Å². The molecular formula is C27H42. The summed E-state index contributed by atoms with van der Waals surface area (Å²) in [6, 6.07) is 17.9. The zero-order chi connectivity index (χ0) is 21.0. The van der Waals surface area contributed by atoms with Crippen LogP contribution >= 0.6 is 0 Å². The Bertz CT molecular complexity index is 666. The van der Waals surface area contributed by atoms with Gasteiger partial charge in [-0.3, -0.25) is 0 Å². The zero-order valence-electron chi connectivity index (χ0n) is 19.7. The Kier molecular flexibility index (Phi) is 7.51. The molecule has 0 heterocycles. The van der Waals surface area contributed by atoms with E-state index in [1.165, 1.54) is 22.3 Å². The fraction of sp³-hybridized carbons (Fsp3) is 0.556. The first-order valence-electron chi connectivity index (χ1n) is 10.3. The van der Waals surface area contributed by atoms with Gasteiger partial charge in [0.2, 0.25) is 0 Å². The Morgan fingerprint density at radius 3 is 1.19 bits per heavy atom. The highest BCUT2D eigenvalue weighted by Gasteiger charge is 2.18. The standard InChI is InChI=1S/C14H22.C13H20/c1-13(2,3)11-8-7-9-12(10-11)14(4,5)6;1-10(2)11-6-8-12(9-7-11)13(3,4)5/h7-10H,1-6H3;6-10H,1-5H3. The molecule has 0 aliphatic heterocycles. The molecule has 0 atom stereocenters. The molecule has 2 rings (SSSR count). The maximum atomic E-state index is 2.33. The minimum absolute atomic E-state index is 0.251. The molecule has 0 saturated heterocycles. The number of hydrogen-bond acceptors (Lipinski definition) is 0. The molecule has 0 fully saturated rings. The van der Waals surface area contributed by atoms with Crippen molar-refractivity contribution in [3.63, 3.8) is 0 Å². The van der Waals surface area contributed by atoms with E-state index in [0.29, 0.717) is 5.92 Å². The summed E-state index contributed by atoms with van der Waals surface area (Å²) in [6.45, 7) is 24.8. The lowest BCUT2D eigenvalue weighted by atomic mass is 9.81. The van der Waals surface area contributed by atoms with Crippen LogP contribution < -0.4 is 0 Å². The van der Waals surface area contributed by atoms with Crippen molar-refractivity contribution in [3.8, 4) is 0 Å². The Labute approximate surface area is 169 Å². The van der Waals surface area contributed by atoms with Gasteiger partial charge >= 0.3 is 0 Å². The average Bonchev–Trinajstić information content (AvgIpc) is 2.53. The normalized spacial score (nSPS) is 12.6. The summed E-state index contributed by atoms with van der Waals surface area (Å²) in [5.74, 6) is 0.633. The van der Waals surface area contributed by atoms with Crippen molar-refractivity contribution < 1.29 is 0 Å². The predicted octanol–water partition coefficient (Wildman–Crippen LogP) is 8.39. The Balaban J connectivity index is 0.000000271. The molecule has 0 heteroatoms. The summed E-state index contributed by atoms with van der Waals surface area (Å²) >= 11 is 0. The first-order valence-corrected chi connectivity index (χ1v) is 10.3. The number of benzene rings is 2. The minimum atomic E-state index is 0.251. The first kappa shape index (κ1) is 23.5. The van der Waals surface area contributed by atoms with E-state index in [0.717, 1.165) is 0 Å². The smallest absolute Gasteiger partial charge is 0.0132 e. The van der Waals surface area contributed by atoms with Crippen molar-refractivity contribution >= 4 is 0 Å². The molecule has 0 spiro atoms. The molecule has 0 saturated carbocycles. The van der Waals surface area contributed by atoms with Crippen LogP contribution in [0.5, 0.6) is 0 Å². The van der Waals surface area contributed by atoms with Gasteiger partial charge in [0.15, 0.2) is 0 Å². The molecule has 0 bridgehead atoms. The van der Waals surface area contributed by atoms with Crippen LogP contribution in [0.3, 0.4) is 0 Å². The van der Waals surface area contributed by atoms with Crippen LogP contribution in [0.1, 0.15) is 104 Å². The summed E-state index contributed by atoms with van der Waals surface area (Å²) in [6.07, 6.45) is 0. The van der Waals surface area contributed by atoms with Crippen LogP contribution in [0, 0.1) is 0 Å². The van der Waals surface area contributed by atoms with Crippen LogP contribution in [-0.2, 0) is 16.2 Å². The molecule has 150 valence electrons. The Morgan fingerprint density at radius 1 is 0.519 bits per heavy atom. The van der Waals surface area contributed by atoms with Gasteiger partial charge in [-0.1, -0.05) is 125 Å². The van der Waals surface area contributed by atoms with E-state index in [4.69, 9.17) is 0 Å². The van der Waals surface area contributed by atoms with Gasteiger partial charge in [-0.05, 0) is 44.4 Å². The molecule has 0 aromatic heterocycles. The van der Waals surface area contributed by atoms with Gasteiger partial charge in [0.05, 0.1) is 0 Å². The molecule has 0 radical (unpaired) electrons. The highest BCUT2D eigenvalue weighted by atomic mass is 14.2. The summed E-state index contributed by atoms with van der Waals surface area (Å²) in [5, 5.41) is 0. The van der Waals surface area contributed by atoms with Gasteiger partial charge in [-0.2, -0.15) is 0 Å². The Hall–Kier alpha value is -1.56. The average molecular weight is 367 g/mol. The van der Waals surface area contributed by atoms with Gasteiger partial charge in [-0.25, -0.2) is 0 Å². The maximum Gasteiger partial charge on any atom is -0.0132 e. The van der Waals surface area contributed by atoms with Gasteiger partial charge in [-0.15, -0.1) is 0 Å². The van der Waals surface area contributed by atoms with Crippen LogP contribution in [0.4, 0.5) is 0 Å². The Morgan fingerprint density at radius 2 is 0.889 bits per heavy atom. The van der Waals surface area contributed by atoms with Crippen LogP contribution in [0.15, 0.2) is 48.5 Å². The third-order valence-corrected chi connectivity index (χ3v) is 5.04. The molecule has 0 nitrogen and oxygen atoms in total. The van der Waals surface area contributed by atoms with Crippen LogP contribution in [-0.4, -0.2) is 0 Å². The molecule has 0 aliphatic rings.